The van der Waals surface area contributed by atoms with Crippen molar-refractivity contribution in [3.63, 3.8) is 0 Å². The van der Waals surface area contributed by atoms with Gasteiger partial charge in [-0.05, 0) is 6.04 Å². The normalized spacial score (nSPS) is 33.6. The van der Waals surface area contributed by atoms with Gasteiger partial charge in [-0.25, -0.2) is 0 Å². The van der Waals surface area contributed by atoms with Crippen molar-refractivity contribution in [2.75, 3.05) is 0 Å². The summed E-state index contributed by atoms with van der Waals surface area (Å²) in [5.74, 6) is 1.00. The molecule has 0 heterocycles. The van der Waals surface area contributed by atoms with Crippen molar-refractivity contribution in [2.24, 2.45) is 11.8 Å². The Kier molecular flexibility index (Phi) is 2.51. The maximum absolute atomic E-state index is 10.4. The fourth-order valence-electron chi connectivity index (χ4n) is 2.25. The molecule has 2 atom stereocenters. The van der Waals surface area contributed by atoms with Gasteiger partial charge in [-0.15, -0.1) is 4.92 Å². The molecule has 56 valence electrons. The van der Waals surface area contributed by atoms with Gasteiger partial charge in [0.25, 0.3) is 0 Å². The predicted molar refractivity (Wildman–Crippen MR) is 35.7 cm³/mol. The van der Waals surface area contributed by atoms with Gasteiger partial charge in [0, 0.05) is 0 Å². The van der Waals surface area contributed by atoms with Crippen LogP contribution in [0.15, 0.2) is 0 Å². The fourth-order valence-corrected chi connectivity index (χ4v) is 2.25. The van der Waals surface area contributed by atoms with Crippen molar-refractivity contribution in [1.82, 2.24) is 0 Å². The van der Waals surface area contributed by atoms with Gasteiger partial charge in [0.2, 0.25) is 0 Å². The molecule has 2 rings (SSSR count). The van der Waals surface area contributed by atoms with Crippen LogP contribution in [0.4, 0.5) is 0 Å². The number of hydrogen-bond donors (Lipinski definition) is 0. The Balaban J connectivity index is 0.000000605. The molecule has 4 heteroatoms. The molecule has 0 aromatic carbocycles. The molecule has 2 bridgehead atoms. The summed E-state index contributed by atoms with van der Waals surface area (Å²) in [6.45, 7) is 0. The summed E-state index contributed by atoms with van der Waals surface area (Å²) >= 11 is 0. The van der Waals surface area contributed by atoms with Crippen LogP contribution in [0, 0.1) is 28.0 Å². The summed E-state index contributed by atoms with van der Waals surface area (Å²) < 4.78 is 0. The molecule has 2 aliphatic carbocycles. The van der Waals surface area contributed by atoms with E-state index in [9.17, 15) is 10.1 Å². The zero-order valence-electron chi connectivity index (χ0n) is 6.75. The minimum Gasteiger partial charge on any atom is -0.295 e. The van der Waals surface area contributed by atoms with E-state index in [2.05, 4.69) is 0 Å². The topological polar surface area (TPSA) is 43.1 Å². The second-order valence-corrected chi connectivity index (χ2v) is 3.33. The molecular formula is C7H10LiNO2. The second kappa shape index (κ2) is 3.08. The van der Waals surface area contributed by atoms with Crippen molar-refractivity contribution in [2.45, 2.75) is 25.7 Å². The van der Waals surface area contributed by atoms with Gasteiger partial charge in [0.15, 0.2) is 0 Å². The van der Waals surface area contributed by atoms with E-state index in [1.165, 1.54) is 6.42 Å². The Bertz CT molecular complexity index is 174. The number of nitrogens with zero attached hydrogens (tertiary/aromatic N) is 1. The number of rotatable bonds is 1. The molecule has 11 heavy (non-hydrogen) atoms. The van der Waals surface area contributed by atoms with Crippen molar-refractivity contribution >= 4 is 0 Å². The molecule has 0 radical (unpaired) electrons. The van der Waals surface area contributed by atoms with E-state index in [0.29, 0.717) is 17.9 Å². The Morgan fingerprint density at radius 2 is 2.18 bits per heavy atom. The summed E-state index contributed by atoms with van der Waals surface area (Å²) in [5.41, 5.74) is 0. The van der Waals surface area contributed by atoms with Crippen LogP contribution in [-0.2, 0) is 0 Å². The van der Waals surface area contributed by atoms with E-state index < -0.39 is 0 Å². The Labute approximate surface area is 77.9 Å². The van der Waals surface area contributed by atoms with Gasteiger partial charge in [0.05, 0.1) is 0 Å². The first-order chi connectivity index (χ1) is 4.77. The molecule has 0 amide bonds. The van der Waals surface area contributed by atoms with Gasteiger partial charge < -0.3 is 0 Å². The molecule has 2 fully saturated rings. The molecule has 0 aromatic heterocycles. The number of nitro groups is 1. The predicted octanol–water partition coefficient (Wildman–Crippen LogP) is -1.38. The Hall–Kier alpha value is -0.133. The zero-order valence-corrected chi connectivity index (χ0v) is 6.75. The van der Waals surface area contributed by atoms with E-state index >= 15 is 0 Å². The molecule has 0 N–H and O–H groups in total. The zero-order chi connectivity index (χ0) is 7.14. The number of hydrogen-bond acceptors (Lipinski definition) is 2. The van der Waals surface area contributed by atoms with E-state index in [-0.39, 0.29) is 23.8 Å². The van der Waals surface area contributed by atoms with E-state index in [1.54, 1.807) is 0 Å². The molecular weight excluding hydrogens is 137 g/mol. The minimum atomic E-state index is -0.163. The summed E-state index contributed by atoms with van der Waals surface area (Å²) in [6.07, 6.45) is 4.16. The first-order valence-corrected chi connectivity index (χ1v) is 3.77. The Morgan fingerprint density at radius 1 is 1.45 bits per heavy atom. The first-order valence-electron chi connectivity index (χ1n) is 3.77. The second-order valence-electron chi connectivity index (χ2n) is 3.33. The monoisotopic (exact) mass is 147 g/mol. The molecule has 2 aliphatic rings. The molecule has 0 saturated heterocycles. The summed E-state index contributed by atoms with van der Waals surface area (Å²) in [5, 5.41) is 10.4. The van der Waals surface area contributed by atoms with Crippen LogP contribution < -0.4 is 18.9 Å². The first kappa shape index (κ1) is 8.96. The third-order valence-corrected chi connectivity index (χ3v) is 2.74. The molecule has 3 nitrogen and oxygen atoms in total. The van der Waals surface area contributed by atoms with Gasteiger partial charge in [-0.3, -0.25) is 10.1 Å². The maximum atomic E-state index is 10.4. The molecule has 2 saturated carbocycles. The third kappa shape index (κ3) is 1.40. The van der Waals surface area contributed by atoms with Crippen LogP contribution in [0.1, 0.15) is 25.7 Å². The average molecular weight is 147 g/mol. The van der Waals surface area contributed by atoms with E-state index in [0.717, 1.165) is 19.3 Å². The third-order valence-electron chi connectivity index (χ3n) is 2.74. The maximum Gasteiger partial charge on any atom is 1.00 e. The average Bonchev–Trinajstić information content (AvgIpc) is 2.44. The van der Waals surface area contributed by atoms with Crippen molar-refractivity contribution in [3.05, 3.63) is 16.2 Å². The standard InChI is InChI=1S/C7H10NO2.Li/c9-8(10)7-4-5-1-2-6(7)3-5;/h5-6H,1-4H2;/q-1;+1/t5-,6+;/m1./s1. The summed E-state index contributed by atoms with van der Waals surface area (Å²) in [7, 11) is 0. The van der Waals surface area contributed by atoms with Crippen LogP contribution in [0.2, 0.25) is 0 Å². The molecule has 0 aromatic rings. The van der Waals surface area contributed by atoms with Crippen molar-refractivity contribution in [1.29, 1.82) is 0 Å². The van der Waals surface area contributed by atoms with Crippen LogP contribution in [-0.4, -0.2) is 4.92 Å². The van der Waals surface area contributed by atoms with Gasteiger partial charge in [0.1, 0.15) is 0 Å². The van der Waals surface area contributed by atoms with E-state index in [1.807, 2.05) is 0 Å². The molecule has 0 spiro atoms. The van der Waals surface area contributed by atoms with Crippen LogP contribution >= 0.6 is 0 Å². The van der Waals surface area contributed by atoms with Crippen molar-refractivity contribution in [3.8, 4) is 0 Å². The minimum absolute atomic E-state index is 0. The summed E-state index contributed by atoms with van der Waals surface area (Å²) in [6, 6.07) is 0.608. The molecule has 0 aliphatic heterocycles. The molecule has 0 unspecified atom stereocenters. The fraction of sp³-hybridized carbons (Fsp3) is 0.857. The Morgan fingerprint density at radius 3 is 2.45 bits per heavy atom. The number of fused-ring (bicyclic) bond motifs is 2. The van der Waals surface area contributed by atoms with Gasteiger partial charge in [-0.1, -0.05) is 37.5 Å². The van der Waals surface area contributed by atoms with Crippen LogP contribution in [0.3, 0.4) is 0 Å². The van der Waals surface area contributed by atoms with Crippen LogP contribution in [0.5, 0.6) is 0 Å². The quantitative estimate of drug-likeness (QED) is 0.198. The van der Waals surface area contributed by atoms with Crippen LogP contribution in [0.25, 0.3) is 0 Å². The smallest absolute Gasteiger partial charge is 0.295 e. The largest absolute Gasteiger partial charge is 1.00 e. The van der Waals surface area contributed by atoms with Gasteiger partial charge >= 0.3 is 18.9 Å². The van der Waals surface area contributed by atoms with Gasteiger partial charge in [-0.2, -0.15) is 0 Å². The van der Waals surface area contributed by atoms with E-state index in [4.69, 9.17) is 0 Å². The van der Waals surface area contributed by atoms with Crippen molar-refractivity contribution < 1.29 is 23.8 Å². The SMILES string of the molecule is O=[N+]([O-])[C-]1C[C@@H]2CC[C@H]1C2.[Li+]. The summed E-state index contributed by atoms with van der Waals surface area (Å²) in [4.78, 5) is 10.2.